The van der Waals surface area contributed by atoms with Crippen molar-refractivity contribution in [1.82, 2.24) is 0 Å². The van der Waals surface area contributed by atoms with Crippen molar-refractivity contribution in [2.24, 2.45) is 0 Å². The minimum atomic E-state index is -0.434. The van der Waals surface area contributed by atoms with Gasteiger partial charge in [0.1, 0.15) is 11.6 Å². The Kier molecular flexibility index (Phi) is 4.36. The molecule has 110 valence electrons. The number of rotatable bonds is 2. The molecule has 0 aliphatic carbocycles. The number of benzene rings is 1. The van der Waals surface area contributed by atoms with Crippen LogP contribution in [0.4, 0.5) is 5.69 Å². The number of anilines is 1. The number of esters is 1. The highest BCUT2D eigenvalue weighted by Crippen LogP contribution is 2.28. The van der Waals surface area contributed by atoms with Crippen LogP contribution < -0.4 is 4.90 Å². The molecular formula is C17H25NO2. The smallest absolute Gasteiger partial charge is 0.328 e. The summed E-state index contributed by atoms with van der Waals surface area (Å²) < 4.78 is 5.53. The molecule has 0 amide bonds. The fraction of sp³-hybridized carbons (Fsp3) is 0.588. The predicted octanol–water partition coefficient (Wildman–Crippen LogP) is 3.56. The number of hydrogen-bond donors (Lipinski definition) is 0. The third-order valence-electron chi connectivity index (χ3n) is 3.61. The van der Waals surface area contributed by atoms with Gasteiger partial charge in [-0.25, -0.2) is 4.79 Å². The maximum Gasteiger partial charge on any atom is 0.328 e. The lowest BCUT2D eigenvalue weighted by molar-refractivity contribution is -0.156. The fourth-order valence-corrected chi connectivity index (χ4v) is 2.64. The lowest BCUT2D eigenvalue weighted by Crippen LogP contribution is -2.43. The molecule has 0 N–H and O–H groups in total. The second-order valence-corrected chi connectivity index (χ2v) is 6.49. The standard InChI is InChI=1S/C17H25NO2/c1-13(16(19)20-17(2,3)4)18-12-8-7-10-14-9-5-6-11-15(14)18/h5-6,9,11,13H,7-8,10,12H2,1-4H3. The molecule has 0 aromatic heterocycles. The van der Waals surface area contributed by atoms with E-state index in [0.717, 1.165) is 19.4 Å². The number of carbonyl (C=O) groups is 1. The number of carbonyl (C=O) groups excluding carboxylic acids is 1. The second kappa shape index (κ2) is 5.86. The van der Waals surface area contributed by atoms with Gasteiger partial charge in [-0.15, -0.1) is 0 Å². The molecule has 0 fully saturated rings. The van der Waals surface area contributed by atoms with E-state index in [2.05, 4.69) is 23.1 Å². The Morgan fingerprint density at radius 1 is 1.25 bits per heavy atom. The van der Waals surface area contributed by atoms with Crippen LogP contribution in [-0.4, -0.2) is 24.2 Å². The molecule has 1 aromatic carbocycles. The quantitative estimate of drug-likeness (QED) is 0.773. The zero-order chi connectivity index (χ0) is 14.8. The van der Waals surface area contributed by atoms with Gasteiger partial charge in [-0.05, 0) is 58.6 Å². The maximum absolute atomic E-state index is 12.3. The summed E-state index contributed by atoms with van der Waals surface area (Å²) in [6.45, 7) is 8.59. The van der Waals surface area contributed by atoms with Gasteiger partial charge in [-0.3, -0.25) is 0 Å². The number of para-hydroxylation sites is 1. The van der Waals surface area contributed by atoms with Crippen LogP contribution in [0.1, 0.15) is 46.1 Å². The summed E-state index contributed by atoms with van der Waals surface area (Å²) >= 11 is 0. The highest BCUT2D eigenvalue weighted by Gasteiger charge is 2.28. The lowest BCUT2D eigenvalue weighted by atomic mass is 10.1. The van der Waals surface area contributed by atoms with Crippen molar-refractivity contribution in [1.29, 1.82) is 0 Å². The first-order valence-corrected chi connectivity index (χ1v) is 7.46. The number of fused-ring (bicyclic) bond motifs is 1. The molecule has 20 heavy (non-hydrogen) atoms. The van der Waals surface area contributed by atoms with Crippen LogP contribution >= 0.6 is 0 Å². The first-order chi connectivity index (χ1) is 9.38. The zero-order valence-corrected chi connectivity index (χ0v) is 13.0. The predicted molar refractivity (Wildman–Crippen MR) is 82.0 cm³/mol. The summed E-state index contributed by atoms with van der Waals surface area (Å²) in [5.74, 6) is -0.144. The van der Waals surface area contributed by atoms with E-state index in [0.29, 0.717) is 0 Å². The maximum atomic E-state index is 12.3. The van der Waals surface area contributed by atoms with Gasteiger partial charge in [0.05, 0.1) is 0 Å². The Hall–Kier alpha value is -1.51. The van der Waals surface area contributed by atoms with E-state index in [-0.39, 0.29) is 12.0 Å². The Labute approximate surface area is 121 Å². The van der Waals surface area contributed by atoms with Gasteiger partial charge in [-0.2, -0.15) is 0 Å². The second-order valence-electron chi connectivity index (χ2n) is 6.49. The van der Waals surface area contributed by atoms with E-state index in [1.165, 1.54) is 17.7 Å². The van der Waals surface area contributed by atoms with Crippen molar-refractivity contribution < 1.29 is 9.53 Å². The van der Waals surface area contributed by atoms with Gasteiger partial charge in [0, 0.05) is 12.2 Å². The summed E-state index contributed by atoms with van der Waals surface area (Å²) in [5, 5.41) is 0. The first kappa shape index (κ1) is 14.9. The summed E-state index contributed by atoms with van der Waals surface area (Å²) in [6.07, 6.45) is 3.38. The molecule has 1 aromatic rings. The first-order valence-electron chi connectivity index (χ1n) is 7.46. The van der Waals surface area contributed by atoms with Gasteiger partial charge in [0.25, 0.3) is 0 Å². The number of aryl methyl sites for hydroxylation is 1. The Morgan fingerprint density at radius 2 is 1.95 bits per heavy atom. The Morgan fingerprint density at radius 3 is 2.65 bits per heavy atom. The molecule has 1 aliphatic rings. The van der Waals surface area contributed by atoms with Crippen LogP contribution in [0.25, 0.3) is 0 Å². The van der Waals surface area contributed by atoms with Gasteiger partial charge in [0.15, 0.2) is 0 Å². The van der Waals surface area contributed by atoms with E-state index in [9.17, 15) is 4.79 Å². The molecule has 1 atom stereocenters. The largest absolute Gasteiger partial charge is 0.458 e. The van der Waals surface area contributed by atoms with E-state index in [4.69, 9.17) is 4.74 Å². The van der Waals surface area contributed by atoms with Gasteiger partial charge >= 0.3 is 5.97 Å². The average molecular weight is 275 g/mol. The third kappa shape index (κ3) is 3.53. The summed E-state index contributed by atoms with van der Waals surface area (Å²) in [4.78, 5) is 14.5. The number of ether oxygens (including phenoxy) is 1. The van der Waals surface area contributed by atoms with Gasteiger partial charge in [-0.1, -0.05) is 18.2 Å². The van der Waals surface area contributed by atoms with Crippen LogP contribution in [-0.2, 0) is 16.0 Å². The molecule has 0 radical (unpaired) electrons. The van der Waals surface area contributed by atoms with E-state index in [1.54, 1.807) is 0 Å². The van der Waals surface area contributed by atoms with Crippen LogP contribution in [0, 0.1) is 0 Å². The minimum absolute atomic E-state index is 0.144. The van der Waals surface area contributed by atoms with Crippen molar-refractivity contribution in [3.8, 4) is 0 Å². The fourth-order valence-electron chi connectivity index (χ4n) is 2.64. The van der Waals surface area contributed by atoms with Crippen molar-refractivity contribution >= 4 is 11.7 Å². The Balaban J connectivity index is 2.21. The summed E-state index contributed by atoms with van der Waals surface area (Å²) in [6, 6.07) is 8.14. The van der Waals surface area contributed by atoms with Crippen molar-refractivity contribution in [2.75, 3.05) is 11.4 Å². The van der Waals surface area contributed by atoms with Crippen LogP contribution in [0.3, 0.4) is 0 Å². The number of nitrogens with zero attached hydrogens (tertiary/aromatic N) is 1. The van der Waals surface area contributed by atoms with E-state index in [1.807, 2.05) is 33.8 Å². The Bertz CT molecular complexity index is 476. The monoisotopic (exact) mass is 275 g/mol. The highest BCUT2D eigenvalue weighted by molar-refractivity contribution is 5.80. The van der Waals surface area contributed by atoms with E-state index >= 15 is 0 Å². The lowest BCUT2D eigenvalue weighted by Gasteiger charge is -2.32. The number of hydrogen-bond acceptors (Lipinski definition) is 3. The molecular weight excluding hydrogens is 250 g/mol. The van der Waals surface area contributed by atoms with Crippen LogP contribution in [0.5, 0.6) is 0 Å². The van der Waals surface area contributed by atoms with Crippen molar-refractivity contribution in [2.45, 2.75) is 58.6 Å². The molecule has 0 saturated carbocycles. The molecule has 3 heteroatoms. The van der Waals surface area contributed by atoms with Crippen molar-refractivity contribution in [3.63, 3.8) is 0 Å². The zero-order valence-electron chi connectivity index (χ0n) is 13.0. The normalized spacial score (nSPS) is 17.1. The average Bonchev–Trinajstić information content (AvgIpc) is 2.58. The third-order valence-corrected chi connectivity index (χ3v) is 3.61. The summed E-state index contributed by atoms with van der Waals surface area (Å²) in [7, 11) is 0. The molecule has 0 bridgehead atoms. The molecule has 1 unspecified atom stereocenters. The minimum Gasteiger partial charge on any atom is -0.458 e. The molecule has 3 nitrogen and oxygen atoms in total. The molecule has 2 rings (SSSR count). The van der Waals surface area contributed by atoms with Crippen LogP contribution in [0.15, 0.2) is 24.3 Å². The van der Waals surface area contributed by atoms with Crippen LogP contribution in [0.2, 0.25) is 0 Å². The SMILES string of the molecule is CC(C(=O)OC(C)(C)C)N1CCCCc2ccccc21. The molecule has 1 aliphatic heterocycles. The van der Waals surface area contributed by atoms with Gasteiger partial charge in [0.2, 0.25) is 0 Å². The topological polar surface area (TPSA) is 29.5 Å². The molecule has 0 saturated heterocycles. The van der Waals surface area contributed by atoms with Gasteiger partial charge < -0.3 is 9.64 Å². The molecule has 1 heterocycles. The van der Waals surface area contributed by atoms with Crippen molar-refractivity contribution in [3.05, 3.63) is 29.8 Å². The molecule has 0 spiro atoms. The van der Waals surface area contributed by atoms with E-state index < -0.39 is 5.60 Å². The summed E-state index contributed by atoms with van der Waals surface area (Å²) in [5.41, 5.74) is 2.08. The highest BCUT2D eigenvalue weighted by atomic mass is 16.6.